The van der Waals surface area contributed by atoms with Gasteiger partial charge in [-0.05, 0) is 0 Å². The molecule has 1 N–H and O–H groups in total. The van der Waals surface area contributed by atoms with E-state index in [0.29, 0.717) is 22.3 Å². The van der Waals surface area contributed by atoms with Crippen LogP contribution in [-0.2, 0) is 5.60 Å². The van der Waals surface area contributed by atoms with Crippen LogP contribution in [0.2, 0.25) is 0 Å². The summed E-state index contributed by atoms with van der Waals surface area (Å²) in [5.41, 5.74) is 0.377. The van der Waals surface area contributed by atoms with Gasteiger partial charge >= 0.3 is 0 Å². The Bertz CT molecular complexity index is 643. The van der Waals surface area contributed by atoms with Gasteiger partial charge in [0.15, 0.2) is 11.4 Å². The summed E-state index contributed by atoms with van der Waals surface area (Å²) in [7, 11) is 0. The van der Waals surface area contributed by atoms with E-state index in [9.17, 15) is 9.90 Å². The quantitative estimate of drug-likeness (QED) is 0.709. The number of hydrogen-bond acceptors (Lipinski definition) is 2. The minimum absolute atomic E-state index is 0.0962. The molecule has 1 aliphatic rings. The predicted octanol–water partition coefficient (Wildman–Crippen LogP) is 2.10. The maximum absolute atomic E-state index is 12.3. The fourth-order valence-corrected chi connectivity index (χ4v) is 2.44. The van der Waals surface area contributed by atoms with E-state index in [-0.39, 0.29) is 5.78 Å². The molecule has 0 aliphatic heterocycles. The fraction of sp³-hybridized carbons (Fsp3) is 0.0625. The molecule has 0 fully saturated rings. The van der Waals surface area contributed by atoms with Crippen molar-refractivity contribution in [3.8, 4) is 12.3 Å². The third kappa shape index (κ3) is 1.20. The second-order valence-corrected chi connectivity index (χ2v) is 4.28. The molecular weight excluding hydrogens is 224 g/mol. The Balaban J connectivity index is 2.42. The SMILES string of the molecule is C#CC1(O)c2ccccc2C(=O)c2ccccc21. The second-order valence-electron chi connectivity index (χ2n) is 4.28. The van der Waals surface area contributed by atoms with Crippen LogP contribution in [0, 0.1) is 12.3 Å². The number of terminal acetylenes is 1. The van der Waals surface area contributed by atoms with E-state index >= 15 is 0 Å². The van der Waals surface area contributed by atoms with Crippen LogP contribution in [0.25, 0.3) is 0 Å². The first-order chi connectivity index (χ1) is 8.68. The molecule has 2 aromatic carbocycles. The first-order valence-corrected chi connectivity index (χ1v) is 5.62. The van der Waals surface area contributed by atoms with Gasteiger partial charge in [-0.25, -0.2) is 0 Å². The van der Waals surface area contributed by atoms with Crippen LogP contribution >= 0.6 is 0 Å². The first-order valence-electron chi connectivity index (χ1n) is 5.62. The molecule has 0 saturated heterocycles. The first kappa shape index (κ1) is 10.8. The molecule has 0 saturated carbocycles. The van der Waals surface area contributed by atoms with E-state index in [4.69, 9.17) is 6.42 Å². The Morgan fingerprint density at radius 1 is 0.944 bits per heavy atom. The van der Waals surface area contributed by atoms with Crippen molar-refractivity contribution in [1.82, 2.24) is 0 Å². The van der Waals surface area contributed by atoms with Gasteiger partial charge in [-0.15, -0.1) is 6.42 Å². The zero-order chi connectivity index (χ0) is 12.8. The molecule has 86 valence electrons. The lowest BCUT2D eigenvalue weighted by Crippen LogP contribution is -2.34. The van der Waals surface area contributed by atoms with Crippen molar-refractivity contribution in [2.75, 3.05) is 0 Å². The lowest BCUT2D eigenvalue weighted by atomic mass is 9.74. The van der Waals surface area contributed by atoms with E-state index in [1.165, 1.54) is 0 Å². The van der Waals surface area contributed by atoms with E-state index in [1.807, 2.05) is 0 Å². The Morgan fingerprint density at radius 2 is 1.39 bits per heavy atom. The molecule has 2 aromatic rings. The molecular formula is C16H10O2. The molecule has 0 heterocycles. The van der Waals surface area contributed by atoms with Gasteiger partial charge in [0.25, 0.3) is 0 Å². The lowest BCUT2D eigenvalue weighted by Gasteiger charge is -2.31. The number of aliphatic hydroxyl groups is 1. The van der Waals surface area contributed by atoms with Crippen molar-refractivity contribution < 1.29 is 9.90 Å². The van der Waals surface area contributed by atoms with Crippen LogP contribution in [0.3, 0.4) is 0 Å². The molecule has 0 amide bonds. The van der Waals surface area contributed by atoms with Crippen molar-refractivity contribution >= 4 is 5.78 Å². The van der Waals surface area contributed by atoms with Gasteiger partial charge in [0, 0.05) is 22.3 Å². The van der Waals surface area contributed by atoms with Gasteiger partial charge in [-0.1, -0.05) is 54.5 Å². The number of rotatable bonds is 0. The summed E-state index contributed by atoms with van der Waals surface area (Å²) in [4.78, 5) is 12.3. The third-order valence-corrected chi connectivity index (χ3v) is 3.33. The summed E-state index contributed by atoms with van der Waals surface area (Å²) in [5.74, 6) is 2.32. The third-order valence-electron chi connectivity index (χ3n) is 3.33. The Hall–Kier alpha value is -2.37. The average Bonchev–Trinajstić information content (AvgIpc) is 2.45. The molecule has 1 aliphatic carbocycles. The van der Waals surface area contributed by atoms with Crippen molar-refractivity contribution in [3.63, 3.8) is 0 Å². The largest absolute Gasteiger partial charge is 0.369 e. The van der Waals surface area contributed by atoms with Crippen LogP contribution in [0.4, 0.5) is 0 Å². The van der Waals surface area contributed by atoms with Crippen LogP contribution in [-0.4, -0.2) is 10.9 Å². The van der Waals surface area contributed by atoms with Gasteiger partial charge in [0.1, 0.15) is 0 Å². The molecule has 2 heteroatoms. The number of carbonyl (C=O) groups excluding carboxylic acids is 1. The lowest BCUT2D eigenvalue weighted by molar-refractivity contribution is 0.0980. The molecule has 0 bridgehead atoms. The average molecular weight is 234 g/mol. The van der Waals surface area contributed by atoms with Crippen molar-refractivity contribution in [2.45, 2.75) is 5.60 Å². The summed E-state index contributed by atoms with van der Waals surface area (Å²) < 4.78 is 0. The standard InChI is InChI=1S/C16H10O2/c1-2-16(18)13-9-5-3-7-11(13)15(17)12-8-4-6-10-14(12)16/h1,3-10,18H. The topological polar surface area (TPSA) is 37.3 Å². The molecule has 18 heavy (non-hydrogen) atoms. The Labute approximate surface area is 105 Å². The predicted molar refractivity (Wildman–Crippen MR) is 68.1 cm³/mol. The minimum atomic E-state index is -1.53. The van der Waals surface area contributed by atoms with Gasteiger partial charge in [0.2, 0.25) is 0 Å². The highest BCUT2D eigenvalue weighted by Gasteiger charge is 2.40. The zero-order valence-electron chi connectivity index (χ0n) is 9.55. The number of hydrogen-bond donors (Lipinski definition) is 1. The summed E-state index contributed by atoms with van der Waals surface area (Å²) in [6.45, 7) is 0. The molecule has 0 radical (unpaired) electrons. The molecule has 3 rings (SSSR count). The van der Waals surface area contributed by atoms with Crippen LogP contribution in [0.1, 0.15) is 27.0 Å². The number of benzene rings is 2. The van der Waals surface area contributed by atoms with Crippen molar-refractivity contribution in [3.05, 3.63) is 70.8 Å². The van der Waals surface area contributed by atoms with Crippen LogP contribution < -0.4 is 0 Å². The maximum Gasteiger partial charge on any atom is 0.193 e. The minimum Gasteiger partial charge on any atom is -0.369 e. The van der Waals surface area contributed by atoms with E-state index in [2.05, 4.69) is 5.92 Å². The van der Waals surface area contributed by atoms with Gasteiger partial charge in [-0.3, -0.25) is 4.79 Å². The Kier molecular flexibility index (Phi) is 2.13. The Morgan fingerprint density at radius 3 is 1.83 bits per heavy atom. The summed E-state index contributed by atoms with van der Waals surface area (Å²) >= 11 is 0. The number of ketones is 1. The van der Waals surface area contributed by atoms with Gasteiger partial charge < -0.3 is 5.11 Å². The highest BCUT2D eigenvalue weighted by Crippen LogP contribution is 2.39. The van der Waals surface area contributed by atoms with Crippen LogP contribution in [0.15, 0.2) is 48.5 Å². The second kappa shape index (κ2) is 3.56. The maximum atomic E-state index is 12.3. The fourth-order valence-electron chi connectivity index (χ4n) is 2.44. The van der Waals surface area contributed by atoms with E-state index < -0.39 is 5.60 Å². The normalized spacial score (nSPS) is 15.4. The highest BCUT2D eigenvalue weighted by atomic mass is 16.3. The zero-order valence-corrected chi connectivity index (χ0v) is 9.55. The smallest absolute Gasteiger partial charge is 0.193 e. The van der Waals surface area contributed by atoms with Crippen molar-refractivity contribution in [2.24, 2.45) is 0 Å². The van der Waals surface area contributed by atoms with Gasteiger partial charge in [0.05, 0.1) is 0 Å². The highest BCUT2D eigenvalue weighted by molar-refractivity contribution is 6.13. The van der Waals surface area contributed by atoms with Crippen LogP contribution in [0.5, 0.6) is 0 Å². The number of fused-ring (bicyclic) bond motifs is 2. The molecule has 0 aromatic heterocycles. The molecule has 0 atom stereocenters. The molecule has 2 nitrogen and oxygen atoms in total. The monoisotopic (exact) mass is 234 g/mol. The summed E-state index contributed by atoms with van der Waals surface area (Å²) in [6, 6.07) is 13.8. The van der Waals surface area contributed by atoms with E-state index in [0.717, 1.165) is 0 Å². The molecule has 0 unspecified atom stereocenters. The summed E-state index contributed by atoms with van der Waals surface area (Å²) in [6.07, 6.45) is 5.50. The van der Waals surface area contributed by atoms with Crippen molar-refractivity contribution in [1.29, 1.82) is 0 Å². The van der Waals surface area contributed by atoms with Gasteiger partial charge in [-0.2, -0.15) is 0 Å². The van der Waals surface area contributed by atoms with E-state index in [1.54, 1.807) is 48.5 Å². The summed E-state index contributed by atoms with van der Waals surface area (Å²) in [5, 5.41) is 10.7. The molecule has 0 spiro atoms. The number of carbonyl (C=O) groups is 1.